The molecule has 3 N–H and O–H groups in total. The molecule has 5 heterocycles. The molecule has 0 saturated carbocycles. The normalized spacial score (nSPS) is 15.7. The van der Waals surface area contributed by atoms with Gasteiger partial charge in [-0.3, -0.25) is 24.3 Å². The quantitative estimate of drug-likeness (QED) is 0.187. The smallest absolute Gasteiger partial charge is 0.413 e. The highest BCUT2D eigenvalue weighted by Crippen LogP contribution is 2.34. The van der Waals surface area contributed by atoms with Crippen molar-refractivity contribution in [3.05, 3.63) is 87.4 Å². The van der Waals surface area contributed by atoms with Crippen LogP contribution in [0.2, 0.25) is 0 Å². The molecule has 0 spiro atoms. The lowest BCUT2D eigenvalue weighted by Gasteiger charge is -2.19. The number of nitrogens with zero attached hydrogens (tertiary/aromatic N) is 4. The summed E-state index contributed by atoms with van der Waals surface area (Å²) in [5.74, 6) is -0.832. The summed E-state index contributed by atoms with van der Waals surface area (Å²) in [6.45, 7) is 7.40. The van der Waals surface area contributed by atoms with Crippen LogP contribution < -0.4 is 21.5 Å². The molecular weight excluding hydrogens is 646 g/mol. The number of aromatic nitrogens is 4. The third-order valence-corrected chi connectivity index (χ3v) is 9.22. The van der Waals surface area contributed by atoms with Crippen LogP contribution in [0.1, 0.15) is 67.3 Å². The fourth-order valence-electron chi connectivity index (χ4n) is 5.20. The SMILES string of the molecule is C[C@@H]1C[C@@H](C(=O)NCc2cc3cnc(NC(=O)OC(C)(C)C)cc3s2)n2c1ncc(NC(=O)c1cc(-c3ccccc3F)sn1)c2=O. The van der Waals surface area contributed by atoms with Gasteiger partial charge in [-0.2, -0.15) is 4.37 Å². The Morgan fingerprint density at radius 1 is 1.09 bits per heavy atom. The standard InChI is InChI=1S/C32H30FN7O5S2/c1-16-9-23(29(42)36-14-18-10-17-13-34-26(12-24(17)46-18)38-31(44)45-32(2,3)4)40-27(16)35-15-22(30(40)43)37-28(41)21-11-25(47-39-21)19-7-5-6-8-20(19)33/h5-8,10-13,15-16,23H,9,14H2,1-4H3,(H,36,42)(H,37,41)(H,34,38,44)/t16-,23+/m1/s1. The number of fused-ring (bicyclic) bond motifs is 2. The molecule has 6 rings (SSSR count). The molecule has 0 unspecified atom stereocenters. The highest BCUT2D eigenvalue weighted by Gasteiger charge is 2.36. The largest absolute Gasteiger partial charge is 0.444 e. The summed E-state index contributed by atoms with van der Waals surface area (Å²) >= 11 is 2.40. The molecule has 1 aromatic carbocycles. The average molecular weight is 676 g/mol. The molecule has 4 aromatic heterocycles. The van der Waals surface area contributed by atoms with Gasteiger partial charge in [-0.25, -0.2) is 19.2 Å². The number of pyridine rings is 1. The second-order valence-corrected chi connectivity index (χ2v) is 14.0. The van der Waals surface area contributed by atoms with Crippen LogP contribution in [0.4, 0.5) is 20.7 Å². The molecule has 0 saturated heterocycles. The summed E-state index contributed by atoms with van der Waals surface area (Å²) in [5.41, 5.74) is -0.964. The summed E-state index contributed by atoms with van der Waals surface area (Å²) in [6.07, 6.45) is 2.67. The molecule has 1 aliphatic heterocycles. The number of amides is 3. The van der Waals surface area contributed by atoms with E-state index in [-0.39, 0.29) is 29.8 Å². The van der Waals surface area contributed by atoms with Crippen molar-refractivity contribution in [1.29, 1.82) is 0 Å². The van der Waals surface area contributed by atoms with Crippen molar-refractivity contribution in [2.75, 3.05) is 10.6 Å². The zero-order valence-electron chi connectivity index (χ0n) is 25.8. The van der Waals surface area contributed by atoms with Crippen molar-refractivity contribution in [3.63, 3.8) is 0 Å². The van der Waals surface area contributed by atoms with Crippen molar-refractivity contribution in [3.8, 4) is 10.4 Å². The topological polar surface area (TPSA) is 157 Å². The Kier molecular flexibility index (Phi) is 8.59. The third-order valence-electron chi connectivity index (χ3n) is 7.30. The van der Waals surface area contributed by atoms with Crippen LogP contribution in [-0.2, 0) is 16.1 Å². The Labute approximate surface area is 276 Å². The maximum Gasteiger partial charge on any atom is 0.413 e. The highest BCUT2D eigenvalue weighted by molar-refractivity contribution is 7.19. The predicted octanol–water partition coefficient (Wildman–Crippen LogP) is 6.08. The first-order valence-corrected chi connectivity index (χ1v) is 16.3. The monoisotopic (exact) mass is 675 g/mol. The van der Waals surface area contributed by atoms with Gasteiger partial charge in [0.1, 0.15) is 40.5 Å². The van der Waals surface area contributed by atoms with Crippen LogP contribution in [-0.4, -0.2) is 42.4 Å². The van der Waals surface area contributed by atoms with Crippen molar-refractivity contribution in [2.45, 2.75) is 58.2 Å². The van der Waals surface area contributed by atoms with Crippen molar-refractivity contribution < 1.29 is 23.5 Å². The maximum atomic E-state index is 14.2. The lowest BCUT2D eigenvalue weighted by Crippen LogP contribution is -2.36. The summed E-state index contributed by atoms with van der Waals surface area (Å²) in [4.78, 5) is 62.1. The third kappa shape index (κ3) is 6.90. The van der Waals surface area contributed by atoms with Crippen LogP contribution in [0.5, 0.6) is 0 Å². The molecule has 0 bridgehead atoms. The zero-order valence-corrected chi connectivity index (χ0v) is 27.4. The first-order valence-electron chi connectivity index (χ1n) is 14.7. The summed E-state index contributed by atoms with van der Waals surface area (Å²) in [5, 5.41) is 8.94. The molecule has 47 heavy (non-hydrogen) atoms. The minimum atomic E-state index is -0.829. The molecular formula is C32H30FN7O5S2. The molecule has 2 atom stereocenters. The summed E-state index contributed by atoms with van der Waals surface area (Å²) < 4.78 is 25.8. The number of carbonyl (C=O) groups excluding carboxylic acids is 3. The minimum absolute atomic E-state index is 0.0205. The lowest BCUT2D eigenvalue weighted by molar-refractivity contribution is -0.124. The van der Waals surface area contributed by atoms with E-state index >= 15 is 0 Å². The van der Waals surface area contributed by atoms with Crippen LogP contribution in [0.25, 0.3) is 20.5 Å². The minimum Gasteiger partial charge on any atom is -0.444 e. The highest BCUT2D eigenvalue weighted by atomic mass is 32.1. The van der Waals surface area contributed by atoms with Gasteiger partial charge >= 0.3 is 6.09 Å². The second-order valence-electron chi connectivity index (χ2n) is 12.0. The number of carbonyl (C=O) groups is 3. The van der Waals surface area contributed by atoms with E-state index in [9.17, 15) is 23.6 Å². The summed E-state index contributed by atoms with van der Waals surface area (Å²) in [7, 11) is 0. The number of benzene rings is 1. The number of nitrogens with one attached hydrogen (secondary N) is 3. The van der Waals surface area contributed by atoms with E-state index in [0.29, 0.717) is 28.5 Å². The van der Waals surface area contributed by atoms with Crippen molar-refractivity contribution >= 4 is 62.4 Å². The molecule has 3 amide bonds. The molecule has 0 fully saturated rings. The average Bonchev–Trinajstić information content (AvgIpc) is 3.74. The van der Waals surface area contributed by atoms with Crippen molar-refractivity contribution in [1.82, 2.24) is 24.2 Å². The van der Waals surface area contributed by atoms with E-state index in [2.05, 4.69) is 30.3 Å². The number of halogens is 1. The second kappa shape index (κ2) is 12.6. The van der Waals surface area contributed by atoms with Gasteiger partial charge < -0.3 is 15.4 Å². The zero-order chi connectivity index (χ0) is 33.5. The predicted molar refractivity (Wildman–Crippen MR) is 177 cm³/mol. The number of hydrogen-bond acceptors (Lipinski definition) is 10. The first-order chi connectivity index (χ1) is 22.4. The van der Waals surface area contributed by atoms with Crippen molar-refractivity contribution in [2.24, 2.45) is 0 Å². The Morgan fingerprint density at radius 3 is 2.64 bits per heavy atom. The fourth-order valence-corrected chi connectivity index (χ4v) is 6.98. The van der Waals surface area contributed by atoms with Crippen LogP contribution in [0, 0.1) is 5.82 Å². The maximum absolute atomic E-state index is 14.2. The molecule has 12 nitrogen and oxygen atoms in total. The molecule has 0 aliphatic carbocycles. The van der Waals surface area contributed by atoms with Gasteiger partial charge in [-0.1, -0.05) is 25.1 Å². The lowest BCUT2D eigenvalue weighted by atomic mass is 10.1. The Bertz CT molecular complexity index is 2080. The Hall–Kier alpha value is -5.02. The number of hydrogen-bond donors (Lipinski definition) is 3. The van der Waals surface area contributed by atoms with Crippen LogP contribution in [0.3, 0.4) is 0 Å². The molecule has 5 aromatic rings. The van der Waals surface area contributed by atoms with Gasteiger partial charge in [-0.15, -0.1) is 11.3 Å². The fraction of sp³-hybridized carbons (Fsp3) is 0.281. The van der Waals surface area contributed by atoms with Crippen LogP contribution >= 0.6 is 22.9 Å². The van der Waals surface area contributed by atoms with Crippen LogP contribution in [0.15, 0.2) is 59.7 Å². The van der Waals surface area contributed by atoms with E-state index in [1.165, 1.54) is 34.2 Å². The van der Waals surface area contributed by atoms with E-state index in [0.717, 1.165) is 26.5 Å². The Morgan fingerprint density at radius 2 is 1.87 bits per heavy atom. The molecule has 0 radical (unpaired) electrons. The van der Waals surface area contributed by atoms with Gasteiger partial charge in [-0.05, 0) is 63.0 Å². The van der Waals surface area contributed by atoms with E-state index in [4.69, 9.17) is 4.74 Å². The molecule has 242 valence electrons. The number of anilines is 2. The molecule has 15 heteroatoms. The van der Waals surface area contributed by atoms with E-state index < -0.39 is 35.0 Å². The van der Waals surface area contributed by atoms with Gasteiger partial charge in [0.2, 0.25) is 5.91 Å². The van der Waals surface area contributed by atoms with E-state index in [1.54, 1.807) is 51.2 Å². The van der Waals surface area contributed by atoms with Gasteiger partial charge in [0.15, 0.2) is 0 Å². The first kappa shape index (κ1) is 31.9. The summed E-state index contributed by atoms with van der Waals surface area (Å²) in [6, 6.07) is 10.4. The van der Waals surface area contributed by atoms with Gasteiger partial charge in [0.05, 0.1) is 17.6 Å². The van der Waals surface area contributed by atoms with Gasteiger partial charge in [0, 0.05) is 32.6 Å². The Balaban J connectivity index is 1.13. The number of rotatable bonds is 7. The molecule has 1 aliphatic rings. The number of thiophene rings is 1. The number of ether oxygens (including phenoxy) is 1. The van der Waals surface area contributed by atoms with E-state index in [1.807, 2.05) is 13.0 Å². The van der Waals surface area contributed by atoms with Gasteiger partial charge in [0.25, 0.3) is 11.5 Å².